The second-order valence-corrected chi connectivity index (χ2v) is 16.6. The van der Waals surface area contributed by atoms with Crippen LogP contribution >= 0.6 is 0 Å². The highest BCUT2D eigenvalue weighted by Gasteiger charge is 2.26. The molecule has 0 spiro atoms. The fourth-order valence-corrected chi connectivity index (χ4v) is 6.57. The molecule has 1 N–H and O–H groups in total. The first-order valence-electron chi connectivity index (χ1n) is 23.5. The Morgan fingerprint density at radius 3 is 1.74 bits per heavy atom. The third-order valence-electron chi connectivity index (χ3n) is 10.7. The molecular weight excluding hydrogens is 699 g/mol. The first-order chi connectivity index (χ1) is 27.5. The van der Waals surface area contributed by atoms with Crippen molar-refractivity contribution in [1.82, 2.24) is 5.32 Å². The lowest BCUT2D eigenvalue weighted by molar-refractivity contribution is 0.564. The van der Waals surface area contributed by atoms with Gasteiger partial charge in [-0.1, -0.05) is 246 Å². The van der Waals surface area contributed by atoms with Gasteiger partial charge in [0.25, 0.3) is 0 Å². The highest BCUT2D eigenvalue weighted by molar-refractivity contribution is 5.49. The summed E-state index contributed by atoms with van der Waals surface area (Å²) in [6, 6.07) is 8.72. The summed E-state index contributed by atoms with van der Waals surface area (Å²) in [6.07, 6.45) is 32.9. The molecule has 0 radical (unpaired) electrons. The molecule has 330 valence electrons. The zero-order valence-corrected chi connectivity index (χ0v) is 41.9. The Morgan fingerprint density at radius 2 is 1.29 bits per heavy atom. The summed E-state index contributed by atoms with van der Waals surface area (Å²) in [6.45, 7) is 50.0. The molecule has 2 rings (SSSR count). The van der Waals surface area contributed by atoms with E-state index in [1.165, 1.54) is 102 Å². The van der Waals surface area contributed by atoms with Gasteiger partial charge in [0.15, 0.2) is 0 Å². The topological polar surface area (TPSA) is 12.0 Å². The number of benzene rings is 1. The van der Waals surface area contributed by atoms with Crippen molar-refractivity contribution >= 4 is 0 Å². The Kier molecular flexibility index (Phi) is 36.2. The molecule has 0 bridgehead atoms. The van der Waals surface area contributed by atoms with Gasteiger partial charge in [-0.2, -0.15) is 0 Å². The van der Waals surface area contributed by atoms with E-state index in [0.29, 0.717) is 0 Å². The second kappa shape index (κ2) is 35.6. The average Bonchev–Trinajstić information content (AvgIpc) is 3.21. The molecule has 1 heteroatoms. The van der Waals surface area contributed by atoms with Crippen LogP contribution in [0.2, 0.25) is 0 Å². The number of aryl methyl sites for hydroxylation is 1. The van der Waals surface area contributed by atoms with Gasteiger partial charge in [0.05, 0.1) is 0 Å². The number of hydrogen-bond acceptors (Lipinski definition) is 1. The zero-order valence-electron chi connectivity index (χ0n) is 41.9. The van der Waals surface area contributed by atoms with Crippen LogP contribution in [0.5, 0.6) is 0 Å². The van der Waals surface area contributed by atoms with Gasteiger partial charge in [0.2, 0.25) is 0 Å². The van der Waals surface area contributed by atoms with Crippen LogP contribution in [-0.2, 0) is 5.41 Å². The number of unbranched alkanes of at least 4 members (excludes halogenated alkanes) is 6. The normalized spacial score (nSPS) is 14.2. The van der Waals surface area contributed by atoms with Crippen LogP contribution in [0.25, 0.3) is 0 Å². The van der Waals surface area contributed by atoms with Crippen LogP contribution in [0.4, 0.5) is 0 Å². The molecule has 0 saturated carbocycles. The van der Waals surface area contributed by atoms with Gasteiger partial charge >= 0.3 is 0 Å². The van der Waals surface area contributed by atoms with Crippen molar-refractivity contribution in [2.75, 3.05) is 0 Å². The van der Waals surface area contributed by atoms with Crippen molar-refractivity contribution < 1.29 is 0 Å². The van der Waals surface area contributed by atoms with E-state index in [1.54, 1.807) is 0 Å². The minimum absolute atomic E-state index is 0.0476. The van der Waals surface area contributed by atoms with E-state index in [9.17, 15) is 0 Å². The summed E-state index contributed by atoms with van der Waals surface area (Å²) < 4.78 is 0. The molecule has 0 fully saturated rings. The van der Waals surface area contributed by atoms with Crippen molar-refractivity contribution in [2.24, 2.45) is 5.41 Å². The number of rotatable bonds is 19. The van der Waals surface area contributed by atoms with Gasteiger partial charge in [-0.15, -0.1) is 0 Å². The van der Waals surface area contributed by atoms with Gasteiger partial charge in [-0.25, -0.2) is 0 Å². The maximum Gasteiger partial charge on any atom is 0.0446 e. The standard InChI is InChI=1S/C40H55N.2C6H14.C3H8.C2H6/c1-13-19-33(8)41-38-34(27-25-31(6)39(9,10)36(20-14-2)29(4)15-3)22-18-23-35(38)28-26-32(7)40(11,12)37-24-17-16-21-30(37)5;2*1-3-5-6-4-2;1-3-2;1-2/h14-17,20-21,24-28,41H,3,6,8,13,18-19,22-23H2,1-2,4-5,7,9-12H3;2*3-6H2,1-2H3;3H2,1-2H3;1-2H3/b20-14-,27-25+,32-26-,35-28+,36-29+;;;;. The first kappa shape index (κ1) is 59.0. The van der Waals surface area contributed by atoms with Crippen LogP contribution in [0, 0.1) is 12.3 Å². The highest BCUT2D eigenvalue weighted by atomic mass is 14.9. The quantitative estimate of drug-likeness (QED) is 0.109. The van der Waals surface area contributed by atoms with Gasteiger partial charge in [0, 0.05) is 22.2 Å². The summed E-state index contributed by atoms with van der Waals surface area (Å²) >= 11 is 0. The van der Waals surface area contributed by atoms with E-state index in [-0.39, 0.29) is 10.8 Å². The van der Waals surface area contributed by atoms with Gasteiger partial charge in [-0.05, 0) is 92.4 Å². The van der Waals surface area contributed by atoms with Crippen LogP contribution in [0.1, 0.15) is 212 Å². The molecule has 0 aliphatic heterocycles. The molecule has 1 aromatic carbocycles. The van der Waals surface area contributed by atoms with Crippen molar-refractivity contribution in [3.63, 3.8) is 0 Å². The average molecular weight is 796 g/mol. The summed E-state index contributed by atoms with van der Waals surface area (Å²) in [5.41, 5.74) is 12.2. The molecular formula is C57H97N. The molecule has 1 aromatic rings. The number of nitrogens with one attached hydrogen (secondary N) is 1. The molecule has 0 amide bonds. The predicted octanol–water partition coefficient (Wildman–Crippen LogP) is 19.3. The summed E-state index contributed by atoms with van der Waals surface area (Å²) in [4.78, 5) is 0. The lowest BCUT2D eigenvalue weighted by Crippen LogP contribution is -2.20. The highest BCUT2D eigenvalue weighted by Crippen LogP contribution is 2.39. The van der Waals surface area contributed by atoms with E-state index in [2.05, 4.69) is 190 Å². The first-order valence-corrected chi connectivity index (χ1v) is 23.5. The number of hydrogen-bond donors (Lipinski definition) is 1. The van der Waals surface area contributed by atoms with Crippen LogP contribution < -0.4 is 5.32 Å². The van der Waals surface area contributed by atoms with Crippen molar-refractivity contribution in [1.29, 1.82) is 0 Å². The van der Waals surface area contributed by atoms with Crippen LogP contribution in [0.15, 0.2) is 131 Å². The Bertz CT molecular complexity index is 1440. The Labute approximate surface area is 364 Å². The van der Waals surface area contributed by atoms with Crippen molar-refractivity contribution in [3.05, 3.63) is 142 Å². The molecule has 0 heterocycles. The van der Waals surface area contributed by atoms with Crippen LogP contribution in [-0.4, -0.2) is 0 Å². The molecule has 0 saturated heterocycles. The summed E-state index contributed by atoms with van der Waals surface area (Å²) in [5.74, 6) is 0. The van der Waals surface area contributed by atoms with E-state index in [4.69, 9.17) is 0 Å². The van der Waals surface area contributed by atoms with E-state index in [1.807, 2.05) is 19.9 Å². The maximum atomic E-state index is 4.51. The summed E-state index contributed by atoms with van der Waals surface area (Å²) in [5, 5.41) is 3.73. The largest absolute Gasteiger partial charge is 0.359 e. The molecule has 58 heavy (non-hydrogen) atoms. The fourth-order valence-electron chi connectivity index (χ4n) is 6.57. The van der Waals surface area contributed by atoms with Gasteiger partial charge < -0.3 is 5.32 Å². The maximum absolute atomic E-state index is 4.51. The molecule has 0 aromatic heterocycles. The minimum Gasteiger partial charge on any atom is -0.359 e. The monoisotopic (exact) mass is 796 g/mol. The SMILES string of the molecule is C=C/C(C)=C(\C=C/C)C(C)(C)C(=C)/C=C/C1=C(NC(=C)CCC)C(=C/C=C(/C)C(C)(C)c2ccccc2C)/CCC1.CC.CCC.CCCCCC.CCCCCC. The predicted molar refractivity (Wildman–Crippen MR) is 271 cm³/mol. The Balaban J connectivity index is -0.00000149. The van der Waals surface area contributed by atoms with Crippen molar-refractivity contribution in [2.45, 2.75) is 213 Å². The van der Waals surface area contributed by atoms with Crippen molar-refractivity contribution in [3.8, 4) is 0 Å². The van der Waals surface area contributed by atoms with E-state index < -0.39 is 0 Å². The van der Waals surface area contributed by atoms with Gasteiger partial charge in [0.1, 0.15) is 0 Å². The molecule has 1 nitrogen and oxygen atoms in total. The minimum atomic E-state index is -0.213. The Hall–Kier alpha value is -3.32. The van der Waals surface area contributed by atoms with Gasteiger partial charge in [-0.3, -0.25) is 0 Å². The number of allylic oxidation sites excluding steroid dienone is 14. The van der Waals surface area contributed by atoms with Crippen LogP contribution in [0.3, 0.4) is 0 Å². The second-order valence-electron chi connectivity index (χ2n) is 16.6. The zero-order chi connectivity index (χ0) is 45.2. The molecule has 0 unspecified atom stereocenters. The smallest absolute Gasteiger partial charge is 0.0446 e. The third kappa shape index (κ3) is 23.3. The fraction of sp³-hybridized carbons (Fsp3) is 0.579. The van der Waals surface area contributed by atoms with E-state index in [0.717, 1.165) is 43.4 Å². The van der Waals surface area contributed by atoms with E-state index >= 15 is 0 Å². The lowest BCUT2D eigenvalue weighted by Gasteiger charge is -2.30. The summed E-state index contributed by atoms with van der Waals surface area (Å²) in [7, 11) is 0. The lowest BCUT2D eigenvalue weighted by atomic mass is 9.75. The Morgan fingerprint density at radius 1 is 0.776 bits per heavy atom. The molecule has 1 aliphatic rings. The third-order valence-corrected chi connectivity index (χ3v) is 10.7. The molecule has 0 atom stereocenters. The molecule has 1 aliphatic carbocycles.